The van der Waals surface area contributed by atoms with Crippen LogP contribution in [0, 0.1) is 0 Å². The topological polar surface area (TPSA) is 87.2 Å². The summed E-state index contributed by atoms with van der Waals surface area (Å²) in [6.07, 6.45) is 6.10. The van der Waals surface area contributed by atoms with Crippen LogP contribution in [0.2, 0.25) is 0 Å². The van der Waals surface area contributed by atoms with Crippen LogP contribution in [0.15, 0.2) is 291 Å². The van der Waals surface area contributed by atoms with Crippen LogP contribution in [0.1, 0.15) is 19.7 Å². The number of allylic oxidation sites excluding steroid dienone is 4. The molecule has 8 nitrogen and oxygen atoms in total. The van der Waals surface area contributed by atoms with Gasteiger partial charge in [0.1, 0.15) is 0 Å². The van der Waals surface area contributed by atoms with Crippen molar-refractivity contribution >= 4 is 49.2 Å². The molecule has 0 spiro atoms. The monoisotopic (exact) mass is 1100 g/mol. The highest BCUT2D eigenvalue weighted by Gasteiger charge is 2.24. The standard InChI is InChI=1S/C78H54N8/c1-3-4-26-51(2)73-79-74(52-27-8-5-9-28-52)82-77(80-73)65-49-55(45-47-71(65)85-67-41-22-18-37-61(67)62-38-19-23-42-68(62)85)57-33-14-16-35-59(57)60-36-17-15-34-58(60)56-46-48-72(86-69-43-24-20-39-63(69)64-40-21-25-44-70(64)86)66(50-56)78-83-75(53-29-10-6-11-30-53)81-76(84-78)54-31-12-7-13-32-54/h3-50H,1-2H3/b4-3-,51-26+. The fraction of sp³-hybridized carbons (Fsp3) is 0.0256. The van der Waals surface area contributed by atoms with Gasteiger partial charge in [-0.2, -0.15) is 0 Å². The van der Waals surface area contributed by atoms with Crippen LogP contribution >= 0.6 is 0 Å². The van der Waals surface area contributed by atoms with Gasteiger partial charge in [0.25, 0.3) is 0 Å². The highest BCUT2D eigenvalue weighted by Crippen LogP contribution is 2.44. The Bertz CT molecular complexity index is 4970. The van der Waals surface area contributed by atoms with Gasteiger partial charge in [-0.15, -0.1) is 0 Å². The van der Waals surface area contributed by atoms with Crippen LogP contribution in [0.3, 0.4) is 0 Å². The van der Waals surface area contributed by atoms with Crippen molar-refractivity contribution in [3.05, 3.63) is 297 Å². The maximum atomic E-state index is 5.38. The molecule has 0 radical (unpaired) electrons. The summed E-state index contributed by atoms with van der Waals surface area (Å²) in [5, 5.41) is 4.67. The Hall–Kier alpha value is -11.5. The Balaban J connectivity index is 0.950. The van der Waals surface area contributed by atoms with Gasteiger partial charge in [0.2, 0.25) is 0 Å². The van der Waals surface area contributed by atoms with Crippen molar-refractivity contribution in [1.82, 2.24) is 39.0 Å². The third-order valence-corrected chi connectivity index (χ3v) is 16.1. The minimum Gasteiger partial charge on any atom is -0.309 e. The van der Waals surface area contributed by atoms with E-state index in [0.717, 1.165) is 100 Å². The molecule has 0 atom stereocenters. The van der Waals surface area contributed by atoms with Crippen molar-refractivity contribution in [3.8, 4) is 102 Å². The van der Waals surface area contributed by atoms with Crippen molar-refractivity contribution in [2.45, 2.75) is 13.8 Å². The van der Waals surface area contributed by atoms with Crippen molar-refractivity contribution in [1.29, 1.82) is 0 Å². The van der Waals surface area contributed by atoms with Crippen LogP contribution < -0.4 is 0 Å². The number of aromatic nitrogens is 8. The molecule has 4 heterocycles. The number of benzene rings is 11. The van der Waals surface area contributed by atoms with Crippen LogP contribution in [-0.2, 0) is 0 Å². The lowest BCUT2D eigenvalue weighted by molar-refractivity contribution is 1.03. The van der Waals surface area contributed by atoms with Gasteiger partial charge in [-0.1, -0.05) is 243 Å². The van der Waals surface area contributed by atoms with E-state index in [0.29, 0.717) is 34.9 Å². The normalized spacial score (nSPS) is 11.9. The van der Waals surface area contributed by atoms with Gasteiger partial charge in [-0.05, 0) is 101 Å². The molecule has 406 valence electrons. The summed E-state index contributed by atoms with van der Waals surface area (Å²) in [6.45, 7) is 4.07. The number of hydrogen-bond donors (Lipinski definition) is 0. The Morgan fingerprint density at radius 3 is 1.00 bits per heavy atom. The zero-order chi connectivity index (χ0) is 57.5. The van der Waals surface area contributed by atoms with E-state index in [1.807, 2.05) is 73.7 Å². The molecule has 0 unspecified atom stereocenters. The quantitative estimate of drug-likeness (QED) is 0.113. The highest BCUT2D eigenvalue weighted by molar-refractivity contribution is 6.11. The second kappa shape index (κ2) is 22.0. The fourth-order valence-corrected chi connectivity index (χ4v) is 12.1. The third-order valence-electron chi connectivity index (χ3n) is 16.1. The van der Waals surface area contributed by atoms with Crippen molar-refractivity contribution in [3.63, 3.8) is 0 Å². The molecule has 0 aliphatic carbocycles. The van der Waals surface area contributed by atoms with Crippen LogP contribution in [0.25, 0.3) is 151 Å². The molecule has 0 fully saturated rings. The van der Waals surface area contributed by atoms with Crippen LogP contribution in [0.4, 0.5) is 0 Å². The van der Waals surface area contributed by atoms with Crippen LogP contribution in [-0.4, -0.2) is 39.0 Å². The van der Waals surface area contributed by atoms with Gasteiger partial charge >= 0.3 is 0 Å². The fourth-order valence-electron chi connectivity index (χ4n) is 12.1. The number of fused-ring (bicyclic) bond motifs is 6. The molecule has 0 saturated carbocycles. The van der Waals surface area contributed by atoms with Crippen molar-refractivity contribution in [2.24, 2.45) is 0 Å². The molecule has 11 aromatic carbocycles. The molecule has 0 saturated heterocycles. The largest absolute Gasteiger partial charge is 0.309 e. The van der Waals surface area contributed by atoms with Gasteiger partial charge in [0.05, 0.1) is 33.4 Å². The van der Waals surface area contributed by atoms with Gasteiger partial charge < -0.3 is 9.13 Å². The predicted octanol–water partition coefficient (Wildman–Crippen LogP) is 19.6. The van der Waals surface area contributed by atoms with E-state index in [9.17, 15) is 0 Å². The molecule has 0 bridgehead atoms. The first-order valence-corrected chi connectivity index (χ1v) is 29.0. The molecule has 86 heavy (non-hydrogen) atoms. The summed E-state index contributed by atoms with van der Waals surface area (Å²) < 4.78 is 4.72. The molecule has 15 rings (SSSR count). The van der Waals surface area contributed by atoms with E-state index in [1.165, 1.54) is 21.5 Å². The maximum absolute atomic E-state index is 5.38. The van der Waals surface area contributed by atoms with E-state index < -0.39 is 0 Å². The molecular formula is C78H54N8. The Morgan fingerprint density at radius 1 is 0.291 bits per heavy atom. The molecule has 0 amide bonds. The van der Waals surface area contributed by atoms with Crippen molar-refractivity contribution < 1.29 is 0 Å². The lowest BCUT2D eigenvalue weighted by Crippen LogP contribution is -2.05. The first-order valence-electron chi connectivity index (χ1n) is 29.0. The van der Waals surface area contributed by atoms with E-state index in [2.05, 4.69) is 241 Å². The zero-order valence-electron chi connectivity index (χ0n) is 47.3. The lowest BCUT2D eigenvalue weighted by Gasteiger charge is -2.19. The molecule has 4 aromatic heterocycles. The molecule has 8 heteroatoms. The van der Waals surface area contributed by atoms with E-state index in [1.54, 1.807) is 0 Å². The van der Waals surface area contributed by atoms with E-state index >= 15 is 0 Å². The minimum absolute atomic E-state index is 0.564. The molecule has 0 aliphatic rings. The molecule has 15 aromatic rings. The van der Waals surface area contributed by atoms with Crippen LogP contribution in [0.5, 0.6) is 0 Å². The number of hydrogen-bond acceptors (Lipinski definition) is 6. The average Bonchev–Trinajstić information content (AvgIpc) is 1.66. The first-order chi connectivity index (χ1) is 42.5. The SMILES string of the molecule is C/C=C\C=C(/C)c1nc(-c2ccccc2)nc(-c2cc(-c3ccccc3-c3ccccc3-c3ccc(-n4c5ccccc5c5ccccc54)c(-c4nc(-c5ccccc5)nc(-c5ccccc5)n4)c3)ccc2-n2c3ccccc3c3ccccc32)n1. The smallest absolute Gasteiger partial charge is 0.166 e. The Morgan fingerprint density at radius 2 is 0.605 bits per heavy atom. The van der Waals surface area contributed by atoms with E-state index in [-0.39, 0.29) is 0 Å². The summed E-state index contributed by atoms with van der Waals surface area (Å²) in [6, 6.07) is 96.0. The molecule has 0 aliphatic heterocycles. The summed E-state index contributed by atoms with van der Waals surface area (Å²) in [7, 11) is 0. The summed E-state index contributed by atoms with van der Waals surface area (Å²) >= 11 is 0. The average molecular weight is 1100 g/mol. The second-order valence-electron chi connectivity index (χ2n) is 21.4. The first kappa shape index (κ1) is 51.4. The summed E-state index contributed by atoms with van der Waals surface area (Å²) in [5.74, 6) is 3.52. The third kappa shape index (κ3) is 9.23. The van der Waals surface area contributed by atoms with Gasteiger partial charge in [-0.3, -0.25) is 0 Å². The number of nitrogens with zero attached hydrogens (tertiary/aromatic N) is 8. The molecule has 0 N–H and O–H groups in total. The summed E-state index contributed by atoms with van der Waals surface area (Å²) in [5.41, 5.74) is 17.9. The second-order valence-corrected chi connectivity index (χ2v) is 21.4. The summed E-state index contributed by atoms with van der Waals surface area (Å²) in [4.78, 5) is 31.8. The minimum atomic E-state index is 0.564. The number of rotatable bonds is 12. The van der Waals surface area contributed by atoms with Gasteiger partial charge in [-0.25, -0.2) is 29.9 Å². The Kier molecular flexibility index (Phi) is 13.2. The highest BCUT2D eigenvalue weighted by atomic mass is 15.1. The van der Waals surface area contributed by atoms with Gasteiger partial charge in [0, 0.05) is 49.4 Å². The zero-order valence-corrected chi connectivity index (χ0v) is 47.3. The lowest BCUT2D eigenvalue weighted by atomic mass is 9.88. The maximum Gasteiger partial charge on any atom is 0.166 e. The molecular weight excluding hydrogens is 1050 g/mol. The Labute approximate surface area is 498 Å². The van der Waals surface area contributed by atoms with Crippen molar-refractivity contribution in [2.75, 3.05) is 0 Å². The van der Waals surface area contributed by atoms with E-state index in [4.69, 9.17) is 29.9 Å². The number of para-hydroxylation sites is 4. The van der Waals surface area contributed by atoms with Gasteiger partial charge in [0.15, 0.2) is 34.9 Å². The predicted molar refractivity (Wildman–Crippen MR) is 354 cm³/mol.